The predicted molar refractivity (Wildman–Crippen MR) is 262 cm³/mol. The van der Waals surface area contributed by atoms with E-state index in [1.807, 2.05) is 0 Å². The lowest BCUT2D eigenvalue weighted by atomic mass is 9.90. The van der Waals surface area contributed by atoms with Gasteiger partial charge in [-0.25, -0.2) is 58.6 Å². The van der Waals surface area contributed by atoms with E-state index in [0.29, 0.717) is 0 Å². The number of ether oxygens (including phenoxy) is 5. The maximum absolute atomic E-state index is 14.1. The summed E-state index contributed by atoms with van der Waals surface area (Å²) in [7, 11) is -8.97. The minimum Gasteiger partial charge on any atom is -0.394 e. The fraction of sp³-hybridized carbons (Fsp3) is 0.571. The first-order valence-corrected chi connectivity index (χ1v) is 30.7. The number of hydrogen-bond acceptors (Lipinski definition) is 30. The minimum absolute atomic E-state index is 0.0177. The van der Waals surface area contributed by atoms with Crippen molar-refractivity contribution in [2.75, 3.05) is 64.0 Å². The Balaban J connectivity index is 0.894. The Labute approximate surface area is 441 Å². The Hall–Kier alpha value is -3.98. The molecule has 7 unspecified atom stereocenters. The van der Waals surface area contributed by atoms with Gasteiger partial charge >= 0.3 is 29.2 Å². The number of nitrogens with zero attached hydrogens (tertiary/aromatic N) is 12. The number of phosphoric acid groups is 2. The highest BCUT2D eigenvalue weighted by Gasteiger charge is 2.62. The molecule has 10 heterocycles. The Kier molecular flexibility index (Phi) is 16.0. The summed E-state index contributed by atoms with van der Waals surface area (Å²) < 4.78 is 112. The number of anilines is 3. The first kappa shape index (κ1) is 56.3. The van der Waals surface area contributed by atoms with E-state index in [9.17, 15) is 38.4 Å². The van der Waals surface area contributed by atoms with Crippen LogP contribution in [0.25, 0.3) is 33.5 Å². The highest BCUT2D eigenvalue weighted by Crippen LogP contribution is 2.59. The van der Waals surface area contributed by atoms with Crippen molar-refractivity contribution in [2.24, 2.45) is 0 Å². The van der Waals surface area contributed by atoms with Crippen molar-refractivity contribution < 1.29 is 98.8 Å². The molecule has 36 nitrogen and oxygen atoms in total. The van der Waals surface area contributed by atoms with Gasteiger partial charge in [0.2, 0.25) is 0 Å². The summed E-state index contributed by atoms with van der Waals surface area (Å²) in [4.78, 5) is 81.0. The zero-order valence-corrected chi connectivity index (χ0v) is 44.6. The van der Waals surface area contributed by atoms with Gasteiger partial charge in [0, 0.05) is 13.5 Å². The van der Waals surface area contributed by atoms with E-state index in [0.717, 1.165) is 12.7 Å². The first-order chi connectivity index (χ1) is 36.5. The third-order valence-electron chi connectivity index (χ3n) is 12.5. The van der Waals surface area contributed by atoms with Crippen molar-refractivity contribution in [2.45, 2.75) is 79.5 Å². The molecule has 0 saturated carbocycles. The number of methoxy groups -OCH3 is 1. The zero-order valence-electron chi connectivity index (χ0n) is 39.3. The molecule has 0 aliphatic carbocycles. The minimum atomic E-state index is -5.38. The summed E-state index contributed by atoms with van der Waals surface area (Å²) in [5.74, 6) is -0.0316. The van der Waals surface area contributed by atoms with Gasteiger partial charge in [0.15, 0.2) is 53.1 Å². The third-order valence-corrected chi connectivity index (χ3v) is 16.8. The van der Waals surface area contributed by atoms with Crippen molar-refractivity contribution in [3.8, 4) is 0 Å². The van der Waals surface area contributed by atoms with Crippen LogP contribution in [0.15, 0.2) is 38.0 Å². The van der Waals surface area contributed by atoms with Crippen LogP contribution in [0.3, 0.4) is 0 Å². The fourth-order valence-electron chi connectivity index (χ4n) is 9.18. The molecule has 12 N–H and O–H groups in total. The van der Waals surface area contributed by atoms with Gasteiger partial charge in [-0.1, -0.05) is 12.2 Å². The average molecular weight is 1200 g/mol. The van der Waals surface area contributed by atoms with Gasteiger partial charge in [0.1, 0.15) is 90.0 Å². The summed E-state index contributed by atoms with van der Waals surface area (Å²) in [5.41, 5.74) is 17.1. The topological polar surface area (TPSA) is 492 Å². The summed E-state index contributed by atoms with van der Waals surface area (Å²) >= 11 is 9.25. The molecule has 0 spiro atoms. The van der Waals surface area contributed by atoms with E-state index in [-0.39, 0.29) is 64.0 Å². The van der Waals surface area contributed by atoms with Gasteiger partial charge in [-0.05, 0) is 11.8 Å². The van der Waals surface area contributed by atoms with E-state index in [2.05, 4.69) is 57.1 Å². The molecule has 42 heteroatoms. The van der Waals surface area contributed by atoms with Crippen molar-refractivity contribution in [1.82, 2.24) is 58.6 Å². The number of imidazole rings is 3. The van der Waals surface area contributed by atoms with E-state index in [1.165, 1.54) is 46.1 Å². The van der Waals surface area contributed by atoms with Crippen molar-refractivity contribution in [3.63, 3.8) is 0 Å². The Morgan fingerprint density at radius 1 is 0.701 bits per heavy atom. The van der Waals surface area contributed by atoms with Crippen LogP contribution in [0.5, 0.6) is 0 Å². The maximum atomic E-state index is 14.1. The molecule has 6 aromatic rings. The van der Waals surface area contributed by atoms with E-state index in [1.54, 1.807) is 0 Å². The standard InChI is InChI=1S/C35H47N15O21P4S2/c1-60-21-16(7-63-72(53,54)62-5-3-51)67-33(49-13-46-18-27(37)40-10-43-30(18)49)23(21)69-73(55,56)64-6-15-20(52)22(32(66-15)48-12-45-17-26(36)39-9-42-29(17)48)70-75(59,77)65-8-35-2-4-61-24(25(35)71-74(57,58)76)34(68-35)50-14-47-19-28(38)41-11-44-31(19)50/h9-16,20-25,32-34,51-52H,2-8H2,1H3,(H,53,54)(H,55,56)(H,59,77)(H2,36,39,42)(H2,37,40,43)(H2,38,41,44)(H2,57,58,76)/t15-,16-,20?,21?,22+,23+,24+,25?,32-,33-,34-,35+,75?/m1/s1. The lowest BCUT2D eigenvalue weighted by molar-refractivity contribution is -0.134. The van der Waals surface area contributed by atoms with Crippen molar-refractivity contribution in [3.05, 3.63) is 38.0 Å². The van der Waals surface area contributed by atoms with E-state index in [4.69, 9.17) is 89.5 Å². The van der Waals surface area contributed by atoms with Crippen LogP contribution in [0.2, 0.25) is 0 Å². The molecule has 10 rings (SSSR count). The maximum Gasteiger partial charge on any atom is 0.472 e. The van der Waals surface area contributed by atoms with Gasteiger partial charge in [0.25, 0.3) is 0 Å². The number of fused-ring (bicyclic) bond motifs is 5. The summed E-state index contributed by atoms with van der Waals surface area (Å²) in [6.45, 7) is -12.8. The number of aromatic nitrogens is 12. The SMILES string of the molecule is COC1[C@@H](COP(=O)(O)OCCO)O[C@@H](n2cnc3c(N)ncnc32)[C@H]1OP(=O)(O)OC[C@H]1O[C@@H](n2cnc3c(N)ncnc32)[C@@H](OP(O)(=S)OC[C@@]23CCO[C@@H](C2OP(=O)(O)S)[C@H](n2cnc4c(N)ncnc42)O3)C1O. The molecule has 16 atom stereocenters. The lowest BCUT2D eigenvalue weighted by Gasteiger charge is -2.38. The number of nitrogen functional groups attached to an aromatic ring is 3. The van der Waals surface area contributed by atoms with Crippen LogP contribution in [0.1, 0.15) is 25.1 Å². The number of aliphatic hydroxyl groups is 2. The Morgan fingerprint density at radius 3 is 1.77 bits per heavy atom. The number of aliphatic hydroxyl groups excluding tert-OH is 2. The number of rotatable bonds is 22. The number of phosphoric ester groups is 2. The monoisotopic (exact) mass is 1200 g/mol. The van der Waals surface area contributed by atoms with Crippen LogP contribution in [-0.2, 0) is 80.9 Å². The molecule has 77 heavy (non-hydrogen) atoms. The molecule has 2 bridgehead atoms. The molecule has 0 amide bonds. The van der Waals surface area contributed by atoms with Crippen LogP contribution in [0, 0.1) is 0 Å². The summed E-state index contributed by atoms with van der Waals surface area (Å²) in [5, 5.41) is 21.1. The smallest absolute Gasteiger partial charge is 0.394 e. The fourth-order valence-corrected chi connectivity index (χ4v) is 13.2. The molecule has 4 saturated heterocycles. The van der Waals surface area contributed by atoms with Gasteiger partial charge in [-0.15, -0.1) is 0 Å². The third kappa shape index (κ3) is 11.4. The predicted octanol–water partition coefficient (Wildman–Crippen LogP) is -0.858. The normalized spacial score (nSPS) is 31.7. The highest BCUT2D eigenvalue weighted by atomic mass is 32.7. The number of thiol groups is 1. The molecular weight excluding hydrogens is 1150 g/mol. The van der Waals surface area contributed by atoms with E-state index < -0.39 is 135 Å². The average Bonchev–Trinajstić information content (AvgIpc) is 4.29. The van der Waals surface area contributed by atoms with Crippen LogP contribution in [-0.4, -0.2) is 190 Å². The quantitative estimate of drug-likeness (QED) is 0.0292. The number of hydrogen-bond donors (Lipinski definition) is 10. The first-order valence-electron chi connectivity index (χ1n) is 22.4. The molecule has 4 fully saturated rings. The Morgan fingerprint density at radius 2 is 1.22 bits per heavy atom. The molecule has 0 aromatic carbocycles. The molecule has 4 aliphatic rings. The van der Waals surface area contributed by atoms with Gasteiger partial charge < -0.3 is 75.2 Å². The summed E-state index contributed by atoms with van der Waals surface area (Å²) in [6.07, 6.45) is -9.26. The second-order valence-electron chi connectivity index (χ2n) is 17.2. The van der Waals surface area contributed by atoms with Gasteiger partial charge in [-0.3, -0.25) is 40.8 Å². The van der Waals surface area contributed by atoms with Crippen LogP contribution < -0.4 is 17.2 Å². The molecule has 4 aliphatic heterocycles. The second-order valence-corrected chi connectivity index (χ2v) is 25.6. The molecule has 6 aromatic heterocycles. The largest absolute Gasteiger partial charge is 0.472 e. The lowest BCUT2D eigenvalue weighted by Crippen LogP contribution is -2.52. The van der Waals surface area contributed by atoms with Gasteiger partial charge in [0.05, 0.1) is 58.6 Å². The van der Waals surface area contributed by atoms with Gasteiger partial charge in [-0.2, -0.15) is 0 Å². The summed E-state index contributed by atoms with van der Waals surface area (Å²) in [6, 6.07) is 0. The second kappa shape index (κ2) is 21.8. The van der Waals surface area contributed by atoms with Crippen LogP contribution in [0.4, 0.5) is 17.5 Å². The highest BCUT2D eigenvalue weighted by molar-refractivity contribution is 8.44. The number of nitrogens with two attached hydrogens (primary N) is 3. The van der Waals surface area contributed by atoms with E-state index >= 15 is 0 Å². The van der Waals surface area contributed by atoms with Crippen LogP contribution >= 0.6 is 41.4 Å². The molecule has 0 radical (unpaired) electrons. The molecule has 420 valence electrons. The van der Waals surface area contributed by atoms with Crippen molar-refractivity contribution in [1.29, 1.82) is 0 Å². The molecular formula is C35H47N15O21P4S2. The van der Waals surface area contributed by atoms with Crippen molar-refractivity contribution >= 4 is 104 Å². The zero-order chi connectivity index (χ0) is 54.8. The Bertz CT molecular complexity index is 3350.